The van der Waals surface area contributed by atoms with Gasteiger partial charge in [0.2, 0.25) is 10.0 Å². The first-order valence-corrected chi connectivity index (χ1v) is 9.56. The molecule has 5 nitrogen and oxygen atoms in total. The molecule has 0 radical (unpaired) electrons. The molecule has 1 amide bonds. The molecule has 0 aliphatic heterocycles. The molecule has 1 aromatic carbocycles. The number of sulfonamides is 1. The summed E-state index contributed by atoms with van der Waals surface area (Å²) in [6.07, 6.45) is 0. The second-order valence-electron chi connectivity index (χ2n) is 5.83. The largest absolute Gasteiger partial charge is 0.334 e. The van der Waals surface area contributed by atoms with Crippen LogP contribution >= 0.6 is 22.6 Å². The van der Waals surface area contributed by atoms with Gasteiger partial charge in [-0.1, -0.05) is 0 Å². The maximum atomic E-state index is 12.8. The van der Waals surface area contributed by atoms with Gasteiger partial charge in [0.1, 0.15) is 0 Å². The van der Waals surface area contributed by atoms with E-state index < -0.39 is 10.0 Å². The Morgan fingerprint density at radius 1 is 1.09 bits per heavy atom. The normalized spacial score (nSPS) is 12.3. The van der Waals surface area contributed by atoms with Crippen molar-refractivity contribution in [3.05, 3.63) is 27.3 Å². The highest BCUT2D eigenvalue weighted by atomic mass is 127. The van der Waals surface area contributed by atoms with Crippen molar-refractivity contribution < 1.29 is 13.2 Å². The second-order valence-corrected chi connectivity index (χ2v) is 9.14. The Morgan fingerprint density at radius 3 is 2.00 bits per heavy atom. The van der Waals surface area contributed by atoms with Gasteiger partial charge in [-0.15, -0.1) is 0 Å². The van der Waals surface area contributed by atoms with Crippen molar-refractivity contribution in [3.63, 3.8) is 0 Å². The summed E-state index contributed by atoms with van der Waals surface area (Å²) < 4.78 is 26.4. The van der Waals surface area contributed by atoms with Crippen LogP contribution in [0.15, 0.2) is 23.1 Å². The van der Waals surface area contributed by atoms with E-state index in [0.29, 0.717) is 5.56 Å². The van der Waals surface area contributed by atoms with Gasteiger partial charge in [0, 0.05) is 29.7 Å². The van der Waals surface area contributed by atoms with E-state index in [1.807, 2.05) is 27.7 Å². The first-order chi connectivity index (χ1) is 10.00. The number of carbonyl (C=O) groups excluding carboxylic acids is 1. The van der Waals surface area contributed by atoms with Crippen LogP contribution in [0.2, 0.25) is 0 Å². The molecule has 0 spiro atoms. The van der Waals surface area contributed by atoms with E-state index in [4.69, 9.17) is 0 Å². The Hall–Kier alpha value is -0.670. The molecular formula is C15H23IN2O3S. The monoisotopic (exact) mass is 438 g/mol. The van der Waals surface area contributed by atoms with Crippen molar-refractivity contribution in [1.29, 1.82) is 0 Å². The summed E-state index contributed by atoms with van der Waals surface area (Å²) in [6, 6.07) is 4.75. The molecule has 0 fully saturated rings. The molecule has 0 saturated carbocycles. The summed E-state index contributed by atoms with van der Waals surface area (Å²) in [7, 11) is -0.606. The Balaban J connectivity index is 3.40. The summed E-state index contributed by atoms with van der Waals surface area (Å²) >= 11 is 2.06. The fraction of sp³-hybridized carbons (Fsp3) is 0.533. The zero-order chi connectivity index (χ0) is 17.2. The van der Waals surface area contributed by atoms with Crippen LogP contribution in [0, 0.1) is 3.57 Å². The summed E-state index contributed by atoms with van der Waals surface area (Å²) in [5.41, 5.74) is 0.422. The van der Waals surface area contributed by atoms with Crippen molar-refractivity contribution in [1.82, 2.24) is 9.21 Å². The van der Waals surface area contributed by atoms with Crippen LogP contribution in [0.3, 0.4) is 0 Å². The van der Waals surface area contributed by atoms with Gasteiger partial charge < -0.3 is 4.90 Å². The number of nitrogens with zero attached hydrogens (tertiary/aromatic N) is 2. The van der Waals surface area contributed by atoms with Crippen LogP contribution in [-0.4, -0.2) is 49.7 Å². The zero-order valence-corrected chi connectivity index (χ0v) is 16.8. The molecular weight excluding hydrogens is 415 g/mol. The molecule has 0 heterocycles. The zero-order valence-electron chi connectivity index (χ0n) is 13.8. The molecule has 0 unspecified atom stereocenters. The van der Waals surface area contributed by atoms with E-state index in [1.54, 1.807) is 11.0 Å². The predicted molar refractivity (Wildman–Crippen MR) is 96.5 cm³/mol. The molecule has 7 heteroatoms. The fourth-order valence-corrected chi connectivity index (χ4v) is 3.74. The molecule has 0 aliphatic carbocycles. The minimum atomic E-state index is -3.56. The van der Waals surface area contributed by atoms with E-state index in [-0.39, 0.29) is 22.9 Å². The lowest BCUT2D eigenvalue weighted by atomic mass is 10.1. The smallest absolute Gasteiger partial charge is 0.255 e. The van der Waals surface area contributed by atoms with Gasteiger partial charge in [0.25, 0.3) is 5.91 Å². The number of benzene rings is 1. The highest BCUT2D eigenvalue weighted by molar-refractivity contribution is 14.1. The van der Waals surface area contributed by atoms with Crippen molar-refractivity contribution in [2.75, 3.05) is 14.1 Å². The highest BCUT2D eigenvalue weighted by Crippen LogP contribution is 2.23. The SMILES string of the molecule is CC(C)N(C(=O)c1cc(S(=O)(=O)N(C)C)ccc1I)C(C)C. The molecule has 1 aromatic rings. The highest BCUT2D eigenvalue weighted by Gasteiger charge is 2.26. The number of hydrogen-bond donors (Lipinski definition) is 0. The third kappa shape index (κ3) is 3.99. The van der Waals surface area contributed by atoms with E-state index in [9.17, 15) is 13.2 Å². The maximum Gasteiger partial charge on any atom is 0.255 e. The summed E-state index contributed by atoms with van der Waals surface area (Å²) in [6.45, 7) is 7.80. The van der Waals surface area contributed by atoms with Crippen molar-refractivity contribution in [2.24, 2.45) is 0 Å². The quantitative estimate of drug-likeness (QED) is 0.665. The van der Waals surface area contributed by atoms with Gasteiger partial charge in [-0.3, -0.25) is 4.79 Å². The first-order valence-electron chi connectivity index (χ1n) is 7.05. The predicted octanol–water partition coefficient (Wildman–Crippen LogP) is 2.80. The fourth-order valence-electron chi connectivity index (χ4n) is 2.24. The van der Waals surface area contributed by atoms with Crippen LogP contribution in [0.4, 0.5) is 0 Å². The van der Waals surface area contributed by atoms with E-state index >= 15 is 0 Å². The lowest BCUT2D eigenvalue weighted by Gasteiger charge is -2.31. The van der Waals surface area contributed by atoms with Crippen molar-refractivity contribution >= 4 is 38.5 Å². The Kier molecular flexibility index (Phi) is 6.40. The van der Waals surface area contributed by atoms with Gasteiger partial charge in [-0.25, -0.2) is 12.7 Å². The average molecular weight is 438 g/mol. The topological polar surface area (TPSA) is 57.7 Å². The van der Waals surface area contributed by atoms with Crippen molar-refractivity contribution in [2.45, 2.75) is 44.7 Å². The van der Waals surface area contributed by atoms with E-state index in [2.05, 4.69) is 22.6 Å². The second kappa shape index (κ2) is 7.27. The first kappa shape index (κ1) is 19.4. The third-order valence-electron chi connectivity index (χ3n) is 3.29. The average Bonchev–Trinajstić information content (AvgIpc) is 2.37. The molecule has 0 bridgehead atoms. The number of amides is 1. The number of hydrogen-bond acceptors (Lipinski definition) is 3. The van der Waals surface area contributed by atoms with Crippen LogP contribution in [0.1, 0.15) is 38.1 Å². The summed E-state index contributed by atoms with van der Waals surface area (Å²) in [5, 5.41) is 0. The number of rotatable bonds is 5. The Morgan fingerprint density at radius 2 is 1.59 bits per heavy atom. The molecule has 0 aliphatic rings. The van der Waals surface area contributed by atoms with Gasteiger partial charge >= 0.3 is 0 Å². The summed E-state index contributed by atoms with van der Waals surface area (Å²) in [4.78, 5) is 14.7. The number of halogens is 1. The summed E-state index contributed by atoms with van der Waals surface area (Å²) in [5.74, 6) is -0.148. The standard InChI is InChI=1S/C15H23IN2O3S/c1-10(2)18(11(3)4)15(19)13-9-12(7-8-14(13)16)22(20,21)17(5)6/h7-11H,1-6H3. The Bertz CT molecular complexity index is 647. The lowest BCUT2D eigenvalue weighted by Crippen LogP contribution is -2.42. The van der Waals surface area contributed by atoms with Crippen molar-refractivity contribution in [3.8, 4) is 0 Å². The molecule has 1 rings (SSSR count). The van der Waals surface area contributed by atoms with Crippen LogP contribution in [0.5, 0.6) is 0 Å². The van der Waals surface area contributed by atoms with Gasteiger partial charge in [0.15, 0.2) is 0 Å². The molecule has 0 aromatic heterocycles. The lowest BCUT2D eigenvalue weighted by molar-refractivity contribution is 0.0642. The molecule has 0 atom stereocenters. The van der Waals surface area contributed by atoms with Gasteiger partial charge in [-0.2, -0.15) is 0 Å². The van der Waals surface area contributed by atoms with Crippen LogP contribution in [0.25, 0.3) is 0 Å². The minimum Gasteiger partial charge on any atom is -0.334 e. The third-order valence-corrected chi connectivity index (χ3v) is 6.05. The van der Waals surface area contributed by atoms with Gasteiger partial charge in [0.05, 0.1) is 10.5 Å². The molecule has 0 N–H and O–H groups in total. The van der Waals surface area contributed by atoms with E-state index in [0.717, 1.165) is 7.88 Å². The number of carbonyl (C=O) groups is 1. The molecule has 124 valence electrons. The van der Waals surface area contributed by atoms with Crippen LogP contribution < -0.4 is 0 Å². The van der Waals surface area contributed by atoms with Crippen LogP contribution in [-0.2, 0) is 10.0 Å². The minimum absolute atomic E-state index is 0.0393. The molecule has 0 saturated heterocycles. The maximum absolute atomic E-state index is 12.8. The molecule has 22 heavy (non-hydrogen) atoms. The van der Waals surface area contributed by atoms with E-state index in [1.165, 1.54) is 26.2 Å². The van der Waals surface area contributed by atoms with Gasteiger partial charge in [-0.05, 0) is 68.5 Å². The Labute approximate surface area is 146 Å².